The van der Waals surface area contributed by atoms with E-state index in [9.17, 15) is 9.59 Å². The van der Waals surface area contributed by atoms with Crippen LogP contribution in [0.5, 0.6) is 11.5 Å². The van der Waals surface area contributed by atoms with Crippen molar-refractivity contribution in [2.24, 2.45) is 0 Å². The van der Waals surface area contributed by atoms with Gasteiger partial charge in [-0.2, -0.15) is 11.3 Å². The first-order valence-electron chi connectivity index (χ1n) is 11.2. The van der Waals surface area contributed by atoms with E-state index in [2.05, 4.69) is 5.32 Å². The van der Waals surface area contributed by atoms with Gasteiger partial charge < -0.3 is 19.7 Å². The van der Waals surface area contributed by atoms with Crippen LogP contribution in [0.25, 0.3) is 0 Å². The molecule has 3 aliphatic rings. The Bertz CT molecular complexity index is 944. The second kappa shape index (κ2) is 8.54. The maximum absolute atomic E-state index is 13.9. The van der Waals surface area contributed by atoms with Crippen molar-refractivity contribution in [1.82, 2.24) is 10.2 Å². The van der Waals surface area contributed by atoms with Crippen LogP contribution in [0.3, 0.4) is 0 Å². The van der Waals surface area contributed by atoms with E-state index in [-0.39, 0.29) is 24.6 Å². The topological polar surface area (TPSA) is 67.9 Å². The van der Waals surface area contributed by atoms with Gasteiger partial charge in [0, 0.05) is 30.1 Å². The number of amides is 2. The molecule has 31 heavy (non-hydrogen) atoms. The molecule has 3 heterocycles. The fraction of sp³-hybridized carbons (Fsp3) is 0.500. The predicted octanol–water partition coefficient (Wildman–Crippen LogP) is 4.10. The molecule has 6 nitrogen and oxygen atoms in total. The second-order valence-corrected chi connectivity index (χ2v) is 9.54. The number of hydrogen-bond donors (Lipinski definition) is 1. The maximum Gasteiger partial charge on any atom is 0.252 e. The normalized spacial score (nSPS) is 20.5. The third-order valence-electron chi connectivity index (χ3n) is 6.94. The lowest BCUT2D eigenvalue weighted by Crippen LogP contribution is -2.53. The lowest BCUT2D eigenvalue weighted by atomic mass is 9.68. The first-order chi connectivity index (χ1) is 15.2. The van der Waals surface area contributed by atoms with Gasteiger partial charge in [-0.3, -0.25) is 9.59 Å². The highest BCUT2D eigenvalue weighted by Crippen LogP contribution is 2.45. The highest BCUT2D eigenvalue weighted by Gasteiger charge is 2.44. The van der Waals surface area contributed by atoms with Gasteiger partial charge in [0.2, 0.25) is 12.7 Å². The zero-order valence-corrected chi connectivity index (χ0v) is 18.4. The lowest BCUT2D eigenvalue weighted by Gasteiger charge is -2.42. The van der Waals surface area contributed by atoms with Crippen molar-refractivity contribution in [2.75, 3.05) is 19.9 Å². The number of nitrogens with one attached hydrogen (secondary N) is 1. The highest BCUT2D eigenvalue weighted by atomic mass is 32.1. The van der Waals surface area contributed by atoms with Crippen LogP contribution in [0.1, 0.15) is 60.9 Å². The molecule has 1 aliphatic carbocycles. The second-order valence-electron chi connectivity index (χ2n) is 8.76. The van der Waals surface area contributed by atoms with Gasteiger partial charge in [-0.1, -0.05) is 25.3 Å². The summed E-state index contributed by atoms with van der Waals surface area (Å²) in [7, 11) is 0. The number of thiophene rings is 1. The van der Waals surface area contributed by atoms with Gasteiger partial charge >= 0.3 is 0 Å². The van der Waals surface area contributed by atoms with Crippen molar-refractivity contribution in [1.29, 1.82) is 0 Å². The van der Waals surface area contributed by atoms with E-state index in [1.165, 1.54) is 17.8 Å². The van der Waals surface area contributed by atoms with Crippen molar-refractivity contribution < 1.29 is 19.1 Å². The number of nitrogens with zero attached hydrogens (tertiary/aromatic N) is 1. The van der Waals surface area contributed by atoms with Gasteiger partial charge in [0.05, 0.1) is 5.41 Å². The average Bonchev–Trinajstić information content (AvgIpc) is 3.51. The number of rotatable bonds is 4. The zero-order valence-electron chi connectivity index (χ0n) is 17.6. The molecule has 0 spiro atoms. The molecule has 1 aromatic heterocycles. The third kappa shape index (κ3) is 3.91. The summed E-state index contributed by atoms with van der Waals surface area (Å²) in [6.07, 6.45) is 6.63. The summed E-state index contributed by atoms with van der Waals surface area (Å²) in [5.74, 6) is 1.71. The van der Waals surface area contributed by atoms with Crippen LogP contribution < -0.4 is 14.8 Å². The number of benzene rings is 1. The number of fused-ring (bicyclic) bond motifs is 1. The highest BCUT2D eigenvalue weighted by molar-refractivity contribution is 7.08. The molecule has 2 aromatic rings. The quantitative estimate of drug-likeness (QED) is 0.777. The molecule has 1 N–H and O–H groups in total. The molecule has 1 saturated heterocycles. The lowest BCUT2D eigenvalue weighted by molar-refractivity contribution is -0.140. The van der Waals surface area contributed by atoms with Crippen molar-refractivity contribution in [3.8, 4) is 11.5 Å². The molecule has 0 bridgehead atoms. The Morgan fingerprint density at radius 3 is 2.55 bits per heavy atom. The Morgan fingerprint density at radius 2 is 1.81 bits per heavy atom. The maximum atomic E-state index is 13.9. The zero-order chi connectivity index (χ0) is 21.3. The van der Waals surface area contributed by atoms with Crippen LogP contribution in [0.2, 0.25) is 0 Å². The number of carbonyl (C=O) groups is 2. The fourth-order valence-electron chi connectivity index (χ4n) is 5.17. The first-order valence-corrected chi connectivity index (χ1v) is 12.1. The summed E-state index contributed by atoms with van der Waals surface area (Å²) in [5.41, 5.74) is 1.29. The van der Waals surface area contributed by atoms with E-state index in [1.54, 1.807) is 0 Å². The SMILES string of the molecule is O=C(NC1CCN(C(=O)C2(c3ccc4c(c3)OCO4)CCCCC2)CC1)c1ccsc1. The first kappa shape index (κ1) is 20.4. The van der Waals surface area contributed by atoms with Crippen LogP contribution in [-0.2, 0) is 10.2 Å². The Hall–Kier alpha value is -2.54. The van der Waals surface area contributed by atoms with Crippen LogP contribution in [-0.4, -0.2) is 42.6 Å². The number of hydrogen-bond acceptors (Lipinski definition) is 5. The molecule has 2 fully saturated rings. The van der Waals surface area contributed by atoms with E-state index in [0.717, 1.165) is 55.6 Å². The van der Waals surface area contributed by atoms with Gasteiger partial charge in [-0.25, -0.2) is 0 Å². The minimum Gasteiger partial charge on any atom is -0.454 e. The molecule has 1 aromatic carbocycles. The van der Waals surface area contributed by atoms with Gasteiger partial charge in [-0.05, 0) is 54.8 Å². The number of ether oxygens (including phenoxy) is 2. The Morgan fingerprint density at radius 1 is 1.03 bits per heavy atom. The fourth-order valence-corrected chi connectivity index (χ4v) is 5.80. The molecule has 0 unspecified atom stereocenters. The van der Waals surface area contributed by atoms with Gasteiger partial charge in [0.15, 0.2) is 11.5 Å². The van der Waals surface area contributed by atoms with E-state index in [1.807, 2.05) is 39.9 Å². The monoisotopic (exact) mass is 440 g/mol. The van der Waals surface area contributed by atoms with Crippen molar-refractivity contribution in [3.05, 3.63) is 46.2 Å². The number of likely N-dealkylation sites (tertiary alicyclic amines) is 1. The minimum atomic E-state index is -0.480. The summed E-state index contributed by atoms with van der Waals surface area (Å²) in [6, 6.07) is 7.96. The van der Waals surface area contributed by atoms with Gasteiger partial charge in [-0.15, -0.1) is 0 Å². The minimum absolute atomic E-state index is 0.0184. The molecule has 0 atom stereocenters. The Balaban J connectivity index is 1.29. The number of carbonyl (C=O) groups excluding carboxylic acids is 2. The third-order valence-corrected chi connectivity index (χ3v) is 7.63. The van der Waals surface area contributed by atoms with E-state index < -0.39 is 5.41 Å². The molecule has 0 radical (unpaired) electrons. The number of piperidine rings is 1. The van der Waals surface area contributed by atoms with E-state index in [0.29, 0.717) is 18.7 Å². The van der Waals surface area contributed by atoms with Gasteiger partial charge in [0.25, 0.3) is 5.91 Å². The summed E-state index contributed by atoms with van der Waals surface area (Å²) in [6.45, 7) is 1.60. The average molecular weight is 441 g/mol. The summed E-state index contributed by atoms with van der Waals surface area (Å²) < 4.78 is 11.1. The van der Waals surface area contributed by atoms with Gasteiger partial charge in [0.1, 0.15) is 0 Å². The van der Waals surface area contributed by atoms with Crippen molar-refractivity contribution >= 4 is 23.2 Å². The molecule has 7 heteroatoms. The molecular weight excluding hydrogens is 412 g/mol. The van der Waals surface area contributed by atoms with Crippen molar-refractivity contribution in [2.45, 2.75) is 56.4 Å². The van der Waals surface area contributed by atoms with Crippen LogP contribution >= 0.6 is 11.3 Å². The predicted molar refractivity (Wildman–Crippen MR) is 119 cm³/mol. The van der Waals surface area contributed by atoms with Crippen LogP contribution in [0.4, 0.5) is 0 Å². The Labute approximate surface area is 186 Å². The Kier molecular flexibility index (Phi) is 5.61. The molecular formula is C24H28N2O4S. The summed E-state index contributed by atoms with van der Waals surface area (Å²) >= 11 is 1.52. The van der Waals surface area contributed by atoms with E-state index >= 15 is 0 Å². The molecule has 5 rings (SSSR count). The largest absolute Gasteiger partial charge is 0.454 e. The summed E-state index contributed by atoms with van der Waals surface area (Å²) in [4.78, 5) is 28.2. The molecule has 1 saturated carbocycles. The van der Waals surface area contributed by atoms with Crippen molar-refractivity contribution in [3.63, 3.8) is 0 Å². The summed E-state index contributed by atoms with van der Waals surface area (Å²) in [5, 5.41) is 6.91. The molecule has 2 amide bonds. The molecule has 164 valence electrons. The van der Waals surface area contributed by atoms with Crippen LogP contribution in [0.15, 0.2) is 35.0 Å². The molecule has 2 aliphatic heterocycles. The standard InChI is InChI=1S/C24H28N2O4S/c27-22(17-8-13-31-15-17)25-19-6-11-26(12-7-19)23(28)24(9-2-1-3-10-24)18-4-5-20-21(14-18)30-16-29-20/h4-5,8,13-15,19H,1-3,6-7,9-12,16H2,(H,25,27). The van der Waals surface area contributed by atoms with Crippen LogP contribution in [0, 0.1) is 0 Å². The smallest absolute Gasteiger partial charge is 0.252 e. The van der Waals surface area contributed by atoms with E-state index in [4.69, 9.17) is 9.47 Å².